The van der Waals surface area contributed by atoms with E-state index >= 15 is 0 Å². The van der Waals surface area contributed by atoms with Gasteiger partial charge in [-0.15, -0.1) is 11.3 Å². The van der Waals surface area contributed by atoms with Gasteiger partial charge in [-0.3, -0.25) is 5.41 Å². The Hall–Kier alpha value is -7.35. The van der Waals surface area contributed by atoms with Crippen LogP contribution < -0.4 is 0 Å². The van der Waals surface area contributed by atoms with E-state index in [1.807, 2.05) is 103 Å². The molecule has 0 amide bonds. The van der Waals surface area contributed by atoms with Crippen molar-refractivity contribution in [1.29, 1.82) is 5.41 Å². The number of rotatable bonds is 7. The van der Waals surface area contributed by atoms with Crippen molar-refractivity contribution in [3.8, 4) is 45.3 Å². The molecule has 6 nitrogen and oxygen atoms in total. The highest BCUT2D eigenvalue weighted by Gasteiger charge is 2.18. The van der Waals surface area contributed by atoms with E-state index in [1.165, 1.54) is 4.70 Å². The second-order valence-electron chi connectivity index (χ2n) is 13.4. The maximum atomic E-state index is 8.96. The van der Waals surface area contributed by atoms with Crippen molar-refractivity contribution >= 4 is 54.9 Å². The summed E-state index contributed by atoms with van der Waals surface area (Å²) in [5.41, 5.74) is 8.60. The molecule has 0 saturated heterocycles. The van der Waals surface area contributed by atoms with Gasteiger partial charge in [-0.25, -0.2) is 19.9 Å². The van der Waals surface area contributed by atoms with Gasteiger partial charge in [0, 0.05) is 48.9 Å². The second kappa shape index (κ2) is 14.1. The van der Waals surface area contributed by atoms with Crippen molar-refractivity contribution in [2.45, 2.75) is 0 Å². The van der Waals surface area contributed by atoms with E-state index in [9.17, 15) is 0 Å². The minimum absolute atomic E-state index is 0.212. The Labute approximate surface area is 326 Å². The molecule has 0 bridgehead atoms. The predicted octanol–water partition coefficient (Wildman–Crippen LogP) is 12.5. The lowest BCUT2D eigenvalue weighted by molar-refractivity contribution is 0.670. The number of aromatic nitrogens is 3. The number of para-hydroxylation sites is 1. The highest BCUT2D eigenvalue weighted by Crippen LogP contribution is 2.38. The van der Waals surface area contributed by atoms with Gasteiger partial charge >= 0.3 is 0 Å². The van der Waals surface area contributed by atoms with Crippen LogP contribution in [0.3, 0.4) is 0 Å². The normalized spacial score (nSPS) is 11.8. The quantitative estimate of drug-likeness (QED) is 0.130. The Morgan fingerprint density at radius 2 is 1.11 bits per heavy atom. The smallest absolute Gasteiger partial charge is 0.164 e. The van der Waals surface area contributed by atoms with E-state index in [1.54, 1.807) is 11.3 Å². The molecule has 0 saturated carbocycles. The summed E-state index contributed by atoms with van der Waals surface area (Å²) < 4.78 is 7.92. The molecular formula is C49H31N5OS. The van der Waals surface area contributed by atoms with E-state index in [-0.39, 0.29) is 5.84 Å². The molecule has 7 aromatic carbocycles. The molecule has 0 spiro atoms. The second-order valence-corrected chi connectivity index (χ2v) is 14.5. The number of hydrogen-bond acceptors (Lipinski definition) is 6. The Bertz CT molecular complexity index is 3010. The lowest BCUT2D eigenvalue weighted by atomic mass is 9.98. The maximum absolute atomic E-state index is 8.96. The van der Waals surface area contributed by atoms with Crippen LogP contribution in [-0.4, -0.2) is 26.5 Å². The van der Waals surface area contributed by atoms with E-state index in [0.29, 0.717) is 17.5 Å². The van der Waals surface area contributed by atoms with E-state index in [0.717, 1.165) is 76.9 Å². The summed E-state index contributed by atoms with van der Waals surface area (Å²) in [5.74, 6) is 2.00. The first-order chi connectivity index (χ1) is 27.6. The average Bonchev–Trinajstić information content (AvgIpc) is 3.88. The van der Waals surface area contributed by atoms with Gasteiger partial charge in [0.25, 0.3) is 0 Å². The monoisotopic (exact) mass is 737 g/mol. The van der Waals surface area contributed by atoms with Gasteiger partial charge in [-0.2, -0.15) is 0 Å². The molecule has 0 unspecified atom stereocenters. The Balaban J connectivity index is 1.08. The highest BCUT2D eigenvalue weighted by molar-refractivity contribution is 7.21. The maximum Gasteiger partial charge on any atom is 0.164 e. The molecule has 1 N–H and O–H groups in total. The molecule has 0 aliphatic rings. The molecule has 0 atom stereocenters. The molecule has 264 valence electrons. The third-order valence-corrected chi connectivity index (χ3v) is 11.0. The first-order valence-corrected chi connectivity index (χ1v) is 19.1. The molecule has 7 heteroatoms. The van der Waals surface area contributed by atoms with Crippen LogP contribution >= 0.6 is 11.3 Å². The van der Waals surface area contributed by atoms with Crippen LogP contribution in [0, 0.1) is 5.41 Å². The predicted molar refractivity (Wildman–Crippen MR) is 230 cm³/mol. The molecule has 10 aromatic rings. The zero-order chi connectivity index (χ0) is 37.4. The summed E-state index contributed by atoms with van der Waals surface area (Å²) in [6.07, 6.45) is 0. The van der Waals surface area contributed by atoms with Crippen LogP contribution in [-0.2, 0) is 0 Å². The van der Waals surface area contributed by atoms with Crippen molar-refractivity contribution in [3.05, 3.63) is 198 Å². The van der Waals surface area contributed by atoms with E-state index in [4.69, 9.17) is 29.8 Å². The van der Waals surface area contributed by atoms with Crippen LogP contribution in [0.15, 0.2) is 191 Å². The van der Waals surface area contributed by atoms with Gasteiger partial charge in [0.2, 0.25) is 0 Å². The molecule has 3 aromatic heterocycles. The molecule has 0 aliphatic heterocycles. The van der Waals surface area contributed by atoms with Crippen LogP contribution in [0.25, 0.3) is 77.3 Å². The van der Waals surface area contributed by atoms with Gasteiger partial charge in [-0.05, 0) is 41.3 Å². The summed E-state index contributed by atoms with van der Waals surface area (Å²) in [5, 5.41) is 12.1. The van der Waals surface area contributed by atoms with Crippen molar-refractivity contribution in [2.75, 3.05) is 0 Å². The molecule has 56 heavy (non-hydrogen) atoms. The van der Waals surface area contributed by atoms with Gasteiger partial charge in [0.1, 0.15) is 11.2 Å². The van der Waals surface area contributed by atoms with Gasteiger partial charge in [-0.1, -0.05) is 152 Å². The SMILES string of the molecule is N=C(N=C(c1cccc(-c2cccc3c2oc2cc(-c4nc(-c5ccccc5)nc(-c5ccccc5)n4)ccc23)c1)c1cc2ccccc2s1)c1ccccc1. The zero-order valence-electron chi connectivity index (χ0n) is 29.9. The number of aliphatic imine (C=N–C) groups is 1. The van der Waals surface area contributed by atoms with Crippen LogP contribution in [0.2, 0.25) is 0 Å². The van der Waals surface area contributed by atoms with Gasteiger partial charge in [0.05, 0.1) is 10.6 Å². The number of amidine groups is 1. The topological polar surface area (TPSA) is 88.0 Å². The van der Waals surface area contributed by atoms with Crippen molar-refractivity contribution in [3.63, 3.8) is 0 Å². The lowest BCUT2D eigenvalue weighted by Gasteiger charge is -2.09. The van der Waals surface area contributed by atoms with Crippen molar-refractivity contribution in [2.24, 2.45) is 4.99 Å². The van der Waals surface area contributed by atoms with Crippen molar-refractivity contribution < 1.29 is 4.42 Å². The fraction of sp³-hybridized carbons (Fsp3) is 0. The number of nitrogens with zero attached hydrogens (tertiary/aromatic N) is 4. The van der Waals surface area contributed by atoms with Crippen LogP contribution in [0.1, 0.15) is 16.0 Å². The molecule has 0 radical (unpaired) electrons. The third-order valence-electron chi connectivity index (χ3n) is 9.83. The molecular weight excluding hydrogens is 707 g/mol. The average molecular weight is 738 g/mol. The number of thiophene rings is 1. The summed E-state index contributed by atoms with van der Waals surface area (Å²) in [7, 11) is 0. The van der Waals surface area contributed by atoms with Gasteiger partial charge in [0.15, 0.2) is 23.3 Å². The first-order valence-electron chi connectivity index (χ1n) is 18.3. The summed E-state index contributed by atoms with van der Waals surface area (Å²) in [4.78, 5) is 20.7. The number of nitrogens with one attached hydrogen (secondary N) is 1. The Morgan fingerprint density at radius 3 is 1.82 bits per heavy atom. The number of benzene rings is 7. The Kier molecular flexibility index (Phi) is 8.39. The lowest BCUT2D eigenvalue weighted by Crippen LogP contribution is -2.06. The number of fused-ring (bicyclic) bond motifs is 4. The first kappa shape index (κ1) is 33.2. The fourth-order valence-corrected chi connectivity index (χ4v) is 8.14. The van der Waals surface area contributed by atoms with E-state index < -0.39 is 0 Å². The molecule has 3 heterocycles. The van der Waals surface area contributed by atoms with Crippen LogP contribution in [0.4, 0.5) is 0 Å². The minimum atomic E-state index is 0.212. The van der Waals surface area contributed by atoms with Crippen molar-refractivity contribution in [1.82, 2.24) is 15.0 Å². The summed E-state index contributed by atoms with van der Waals surface area (Å²) in [6, 6.07) is 60.9. The largest absolute Gasteiger partial charge is 0.455 e. The number of furan rings is 1. The minimum Gasteiger partial charge on any atom is -0.455 e. The summed E-state index contributed by atoms with van der Waals surface area (Å²) in [6.45, 7) is 0. The molecule has 10 rings (SSSR count). The standard InChI is InChI=1S/C49H31N5OS/c50-46(31-14-4-1-5-15-31)51-44(43-30-35-20-10-11-25-42(35)56-43)36-22-12-21-34(28-36)38-23-13-24-40-39-27-26-37(29-41(39)55-45(38)40)49-53-47(32-16-6-2-7-17-32)52-48(54-49)33-18-8-3-9-19-33/h1-30,50H. The fourth-order valence-electron chi connectivity index (χ4n) is 7.07. The Morgan fingerprint density at radius 1 is 0.500 bits per heavy atom. The number of hydrogen-bond donors (Lipinski definition) is 1. The summed E-state index contributed by atoms with van der Waals surface area (Å²) >= 11 is 1.68. The third kappa shape index (κ3) is 6.26. The van der Waals surface area contributed by atoms with Gasteiger partial charge < -0.3 is 4.42 Å². The molecule has 0 aliphatic carbocycles. The highest BCUT2D eigenvalue weighted by atomic mass is 32.1. The zero-order valence-corrected chi connectivity index (χ0v) is 30.7. The van der Waals surface area contributed by atoms with E-state index in [2.05, 4.69) is 78.9 Å². The molecule has 0 fully saturated rings. The van der Waals surface area contributed by atoms with Crippen LogP contribution in [0.5, 0.6) is 0 Å².